The van der Waals surface area contributed by atoms with Crippen LogP contribution in [0.2, 0.25) is 0 Å². The second-order valence-corrected chi connectivity index (χ2v) is 11.6. The van der Waals surface area contributed by atoms with Gasteiger partial charge in [0.1, 0.15) is 11.4 Å². The van der Waals surface area contributed by atoms with Crippen LogP contribution < -0.4 is 0 Å². The summed E-state index contributed by atoms with van der Waals surface area (Å²) in [5, 5.41) is 0. The Bertz CT molecular complexity index is 721. The number of rotatable bonds is 4. The van der Waals surface area contributed by atoms with Gasteiger partial charge in [0.05, 0.1) is 38.9 Å². The summed E-state index contributed by atoms with van der Waals surface area (Å²) < 4.78 is 31.6. The summed E-state index contributed by atoms with van der Waals surface area (Å²) in [5.41, 5.74) is -2.51. The van der Waals surface area contributed by atoms with Gasteiger partial charge >= 0.3 is 12.2 Å². The number of carbonyl (C=O) groups is 2. The summed E-state index contributed by atoms with van der Waals surface area (Å²) in [5.74, 6) is -0.232. The number of amides is 2. The zero-order valence-electron chi connectivity index (χ0n) is 22.0. The molecule has 3 atom stereocenters. The highest BCUT2D eigenvalue weighted by molar-refractivity contribution is 5.70. The van der Waals surface area contributed by atoms with Gasteiger partial charge in [-0.2, -0.15) is 0 Å². The number of ether oxygens (including phenoxy) is 4. The Morgan fingerprint density at radius 3 is 1.69 bits per heavy atom. The summed E-state index contributed by atoms with van der Waals surface area (Å²) >= 11 is 0. The lowest BCUT2D eigenvalue weighted by atomic mass is 9.80. The lowest BCUT2D eigenvalue weighted by Crippen LogP contribution is -2.53. The first-order valence-electron chi connectivity index (χ1n) is 12.3. The number of hydrogen-bond donors (Lipinski definition) is 0. The van der Waals surface area contributed by atoms with E-state index in [1.54, 1.807) is 9.80 Å². The summed E-state index contributed by atoms with van der Waals surface area (Å²) in [6.07, 6.45) is 2.61. The molecule has 0 bridgehead atoms. The van der Waals surface area contributed by atoms with Crippen LogP contribution in [0.5, 0.6) is 0 Å². The fourth-order valence-electron chi connectivity index (χ4n) is 5.42. The monoisotopic (exact) mass is 455 g/mol. The van der Waals surface area contributed by atoms with Crippen LogP contribution in [0.1, 0.15) is 82.4 Å². The quantitative estimate of drug-likeness (QED) is 0.608. The van der Waals surface area contributed by atoms with E-state index in [9.17, 15) is 9.59 Å². The minimum atomic E-state index is -1.03. The molecule has 1 saturated carbocycles. The van der Waals surface area contributed by atoms with Crippen LogP contribution in [-0.4, -0.2) is 70.9 Å². The first-order chi connectivity index (χ1) is 15.1. The van der Waals surface area contributed by atoms with Crippen LogP contribution in [-0.2, 0) is 18.9 Å². The van der Waals surface area contributed by atoms with Gasteiger partial charge in [0.25, 0.3) is 0 Å². The summed E-state index contributed by atoms with van der Waals surface area (Å²) in [4.78, 5) is 29.2. The van der Waals surface area contributed by atoms with E-state index in [0.29, 0.717) is 13.2 Å². The first-order valence-corrected chi connectivity index (χ1v) is 11.8. The molecular weight excluding hydrogens is 412 g/mol. The minimum absolute atomic E-state index is 0.0383. The predicted molar refractivity (Wildman–Crippen MR) is 120 cm³/mol. The van der Waals surface area contributed by atoms with Crippen molar-refractivity contribution in [1.82, 2.24) is 9.80 Å². The average molecular weight is 456 g/mol. The molecule has 0 aromatic carbocycles. The van der Waals surface area contributed by atoms with E-state index in [4.69, 9.17) is 20.3 Å². The minimum Gasteiger partial charge on any atom is -0.449 e. The average Bonchev–Trinajstić information content (AvgIpc) is 3.05. The first kappa shape index (κ1) is 23.6. The third kappa shape index (κ3) is 5.01. The molecule has 2 heterocycles. The van der Waals surface area contributed by atoms with Crippen LogP contribution in [0.15, 0.2) is 0 Å². The fraction of sp³-hybridized carbons (Fsp3) is 0.917. The molecule has 8 nitrogen and oxygen atoms in total. The third-order valence-corrected chi connectivity index (χ3v) is 6.94. The Labute approximate surface area is 194 Å². The normalized spacial score (nSPS) is 31.7. The number of nitrogens with zero attached hydrogens (tertiary/aromatic N) is 2. The van der Waals surface area contributed by atoms with Gasteiger partial charge in [0.2, 0.25) is 0 Å². The molecule has 3 fully saturated rings. The molecule has 2 saturated heterocycles. The summed E-state index contributed by atoms with van der Waals surface area (Å²) in [6.45, 7) is 15.2. The molecule has 2 aliphatic heterocycles. The van der Waals surface area contributed by atoms with Crippen LogP contribution in [0.3, 0.4) is 0 Å². The van der Waals surface area contributed by atoms with Crippen LogP contribution in [0, 0.1) is 11.8 Å². The highest BCUT2D eigenvalue weighted by Crippen LogP contribution is 2.37. The molecule has 2 amide bonds. The summed E-state index contributed by atoms with van der Waals surface area (Å²) in [6, 6.07) is 0. The number of hydrogen-bond acceptors (Lipinski definition) is 6. The Hall–Kier alpha value is -1.54. The van der Waals surface area contributed by atoms with Gasteiger partial charge in [0, 0.05) is 0 Å². The fourth-order valence-corrected chi connectivity index (χ4v) is 5.42. The lowest BCUT2D eigenvalue weighted by molar-refractivity contribution is -0.0619. The van der Waals surface area contributed by atoms with Crippen molar-refractivity contribution in [3.63, 3.8) is 0 Å². The van der Waals surface area contributed by atoms with Crippen molar-refractivity contribution in [2.75, 3.05) is 26.4 Å². The molecule has 0 unspecified atom stereocenters. The molecule has 0 radical (unpaired) electrons. The van der Waals surface area contributed by atoms with E-state index in [1.807, 2.05) is 55.4 Å². The molecule has 1 aliphatic carbocycles. The molecule has 32 heavy (non-hydrogen) atoms. The SMILES string of the molecule is [2H][C@H](OC(=O)N1C(C)(C)COC1(C)C)[C@@H]1CCCC[C@@H]1COC(=O)N1C(C)(C)COC1(C)C. The van der Waals surface area contributed by atoms with Crippen molar-refractivity contribution >= 4 is 12.2 Å². The van der Waals surface area contributed by atoms with Gasteiger partial charge in [-0.25, -0.2) is 9.59 Å². The zero-order valence-corrected chi connectivity index (χ0v) is 21.0. The predicted octanol–water partition coefficient (Wildman–Crippen LogP) is 4.76. The Morgan fingerprint density at radius 2 is 1.25 bits per heavy atom. The Kier molecular flexibility index (Phi) is 6.40. The number of carbonyl (C=O) groups excluding carboxylic acids is 2. The maximum atomic E-state index is 13.0. The second kappa shape index (κ2) is 8.67. The van der Waals surface area contributed by atoms with Crippen molar-refractivity contribution in [3.05, 3.63) is 0 Å². The van der Waals surface area contributed by atoms with Crippen molar-refractivity contribution in [3.8, 4) is 0 Å². The highest BCUT2D eigenvalue weighted by Gasteiger charge is 2.51. The lowest BCUT2D eigenvalue weighted by Gasteiger charge is -2.38. The van der Waals surface area contributed by atoms with Gasteiger partial charge in [-0.05, 0) is 80.1 Å². The van der Waals surface area contributed by atoms with Crippen LogP contribution >= 0.6 is 0 Å². The van der Waals surface area contributed by atoms with Crippen LogP contribution in [0.4, 0.5) is 9.59 Å². The van der Waals surface area contributed by atoms with E-state index >= 15 is 0 Å². The van der Waals surface area contributed by atoms with E-state index in [0.717, 1.165) is 25.7 Å². The Morgan fingerprint density at radius 1 is 0.812 bits per heavy atom. The van der Waals surface area contributed by atoms with E-state index < -0.39 is 41.3 Å². The van der Waals surface area contributed by atoms with Gasteiger partial charge in [-0.1, -0.05) is 12.8 Å². The van der Waals surface area contributed by atoms with Gasteiger partial charge < -0.3 is 18.9 Å². The van der Waals surface area contributed by atoms with Gasteiger partial charge in [0.15, 0.2) is 0 Å². The standard InChI is InChI=1S/C24H42N2O6/c1-21(2)15-31-23(5,6)25(21)19(27)29-13-17-11-9-10-12-18(17)14-30-20(28)26-22(3,4)16-32-24(26,7)8/h17-18H,9-16H2,1-8H3/t17-,18+/i13D/t13-,17-,18+/m0/s1. The third-order valence-electron chi connectivity index (χ3n) is 6.94. The van der Waals surface area contributed by atoms with Crippen molar-refractivity contribution in [1.29, 1.82) is 0 Å². The topological polar surface area (TPSA) is 77.5 Å². The maximum Gasteiger partial charge on any atom is 0.412 e. The zero-order chi connectivity index (χ0) is 24.8. The molecule has 3 aliphatic rings. The summed E-state index contributed by atoms with van der Waals surface area (Å²) in [7, 11) is 0. The van der Waals surface area contributed by atoms with E-state index in [1.165, 1.54) is 0 Å². The maximum absolute atomic E-state index is 13.0. The van der Waals surface area contributed by atoms with Gasteiger partial charge in [-0.3, -0.25) is 9.80 Å². The molecule has 0 aromatic rings. The Balaban J connectivity index is 1.63. The van der Waals surface area contributed by atoms with Crippen molar-refractivity contribution in [2.24, 2.45) is 11.8 Å². The molecular formula is C24H42N2O6. The molecule has 0 aromatic heterocycles. The molecule has 0 N–H and O–H groups in total. The molecule has 3 rings (SSSR count). The van der Waals surface area contributed by atoms with Crippen molar-refractivity contribution in [2.45, 2.75) is 104 Å². The van der Waals surface area contributed by atoms with E-state index in [2.05, 4.69) is 0 Å². The molecule has 0 spiro atoms. The highest BCUT2D eigenvalue weighted by atomic mass is 16.6. The van der Waals surface area contributed by atoms with E-state index in [-0.39, 0.29) is 18.4 Å². The smallest absolute Gasteiger partial charge is 0.412 e. The van der Waals surface area contributed by atoms with Crippen molar-refractivity contribution < 1.29 is 29.9 Å². The largest absolute Gasteiger partial charge is 0.449 e. The second-order valence-electron chi connectivity index (χ2n) is 11.6. The molecule has 8 heteroatoms. The molecule has 184 valence electrons. The van der Waals surface area contributed by atoms with Gasteiger partial charge in [-0.15, -0.1) is 0 Å². The van der Waals surface area contributed by atoms with Crippen LogP contribution in [0.25, 0.3) is 0 Å².